The van der Waals surface area contributed by atoms with Crippen LogP contribution in [0.5, 0.6) is 0 Å². The minimum atomic E-state index is -3.29. The van der Waals surface area contributed by atoms with Gasteiger partial charge in [0.15, 0.2) is 0 Å². The molecule has 0 saturated carbocycles. The average Bonchev–Trinajstić information content (AvgIpc) is 2.31. The lowest BCUT2D eigenvalue weighted by Crippen LogP contribution is -2.22. The quantitative estimate of drug-likeness (QED) is 0.712. The van der Waals surface area contributed by atoms with Crippen LogP contribution in [0, 0.1) is 0 Å². The topological polar surface area (TPSA) is 71.1 Å². The predicted molar refractivity (Wildman–Crippen MR) is 77.1 cm³/mol. The Labute approximate surface area is 117 Å². The van der Waals surface area contributed by atoms with Crippen LogP contribution in [0.1, 0.15) is 19.8 Å². The fourth-order valence-corrected chi connectivity index (χ4v) is 2.99. The second-order valence-electron chi connectivity index (χ2n) is 3.88. The monoisotopic (exact) mass is 335 g/mol. The number of nitrogens with zero attached hydrogens (tertiary/aromatic N) is 1. The van der Waals surface area contributed by atoms with Gasteiger partial charge in [-0.05, 0) is 47.9 Å². The van der Waals surface area contributed by atoms with Gasteiger partial charge in [-0.1, -0.05) is 6.92 Å². The summed E-state index contributed by atoms with van der Waals surface area (Å²) in [7, 11) is -3.29. The molecule has 0 bridgehead atoms. The number of nitrogens with one attached hydrogen (secondary N) is 2. The summed E-state index contributed by atoms with van der Waals surface area (Å²) in [6.45, 7) is 3.71. The number of pyridine rings is 1. The Bertz CT molecular complexity index is 465. The van der Waals surface area contributed by atoms with Crippen LogP contribution in [0.15, 0.2) is 22.9 Å². The maximum Gasteiger partial charge on any atom is 0.232 e. The maximum atomic E-state index is 11.8. The SMILES string of the molecule is CCCNCCCS(=O)(=O)Nc1ccncc1Br. The van der Waals surface area contributed by atoms with Crippen LogP contribution in [-0.4, -0.2) is 32.2 Å². The Hall–Kier alpha value is -0.660. The van der Waals surface area contributed by atoms with E-state index in [1.54, 1.807) is 18.5 Å². The van der Waals surface area contributed by atoms with E-state index in [0.717, 1.165) is 13.0 Å². The molecule has 0 aliphatic heterocycles. The highest BCUT2D eigenvalue weighted by Crippen LogP contribution is 2.21. The molecule has 1 aromatic rings. The van der Waals surface area contributed by atoms with Gasteiger partial charge in [-0.25, -0.2) is 8.42 Å². The zero-order chi connectivity index (χ0) is 13.4. The Balaban J connectivity index is 2.43. The molecule has 5 nitrogen and oxygen atoms in total. The first-order chi connectivity index (χ1) is 8.55. The van der Waals surface area contributed by atoms with Crippen LogP contribution in [0.25, 0.3) is 0 Å². The minimum Gasteiger partial charge on any atom is -0.317 e. The molecule has 0 radical (unpaired) electrons. The predicted octanol–water partition coefficient (Wildman–Crippen LogP) is 1.98. The number of hydrogen-bond donors (Lipinski definition) is 2. The first-order valence-electron chi connectivity index (χ1n) is 5.86. The smallest absolute Gasteiger partial charge is 0.232 e. The van der Waals surface area contributed by atoms with Crippen molar-refractivity contribution in [2.45, 2.75) is 19.8 Å². The first-order valence-corrected chi connectivity index (χ1v) is 8.30. The van der Waals surface area contributed by atoms with E-state index in [-0.39, 0.29) is 5.75 Å². The molecule has 2 N–H and O–H groups in total. The molecule has 1 heterocycles. The van der Waals surface area contributed by atoms with Gasteiger partial charge >= 0.3 is 0 Å². The third-order valence-corrected chi connectivity index (χ3v) is 4.22. The van der Waals surface area contributed by atoms with Crippen LogP contribution < -0.4 is 10.0 Å². The molecule has 0 amide bonds. The van der Waals surface area contributed by atoms with Crippen LogP contribution in [0.3, 0.4) is 0 Å². The summed E-state index contributed by atoms with van der Waals surface area (Å²) >= 11 is 3.25. The van der Waals surface area contributed by atoms with E-state index in [9.17, 15) is 8.42 Å². The number of anilines is 1. The lowest BCUT2D eigenvalue weighted by Gasteiger charge is -2.09. The highest BCUT2D eigenvalue weighted by molar-refractivity contribution is 9.10. The van der Waals surface area contributed by atoms with Crippen LogP contribution in [0.4, 0.5) is 5.69 Å². The summed E-state index contributed by atoms with van der Waals surface area (Å²) in [6.07, 6.45) is 4.75. The summed E-state index contributed by atoms with van der Waals surface area (Å²) in [5, 5.41) is 3.17. The van der Waals surface area contributed by atoms with Gasteiger partial charge in [0.05, 0.1) is 15.9 Å². The van der Waals surface area contributed by atoms with Crippen molar-refractivity contribution in [2.24, 2.45) is 0 Å². The first kappa shape index (κ1) is 15.4. The van der Waals surface area contributed by atoms with Crippen molar-refractivity contribution in [1.29, 1.82) is 0 Å². The van der Waals surface area contributed by atoms with Crippen LogP contribution in [0.2, 0.25) is 0 Å². The lowest BCUT2D eigenvalue weighted by molar-refractivity contribution is 0.593. The zero-order valence-corrected chi connectivity index (χ0v) is 12.7. The van der Waals surface area contributed by atoms with E-state index >= 15 is 0 Å². The molecule has 0 aliphatic carbocycles. The molecule has 0 spiro atoms. The van der Waals surface area contributed by atoms with Crippen molar-refractivity contribution < 1.29 is 8.42 Å². The third kappa shape index (κ3) is 5.79. The fourth-order valence-electron chi connectivity index (χ4n) is 1.37. The molecule has 0 aliphatic rings. The number of aromatic nitrogens is 1. The van der Waals surface area contributed by atoms with E-state index in [0.29, 0.717) is 23.1 Å². The molecule has 0 atom stereocenters. The Kier molecular flexibility index (Phi) is 6.59. The summed E-state index contributed by atoms with van der Waals surface area (Å²) in [5.74, 6) is 0.110. The van der Waals surface area contributed by atoms with Crippen molar-refractivity contribution in [2.75, 3.05) is 23.6 Å². The van der Waals surface area contributed by atoms with Crippen molar-refractivity contribution >= 4 is 31.6 Å². The number of halogens is 1. The van der Waals surface area contributed by atoms with Crippen molar-refractivity contribution in [3.63, 3.8) is 0 Å². The van der Waals surface area contributed by atoms with E-state index in [1.165, 1.54) is 0 Å². The van der Waals surface area contributed by atoms with Gasteiger partial charge in [0.1, 0.15) is 0 Å². The van der Waals surface area contributed by atoms with Crippen LogP contribution >= 0.6 is 15.9 Å². The molecule has 0 aromatic carbocycles. The highest BCUT2D eigenvalue weighted by atomic mass is 79.9. The second-order valence-corrected chi connectivity index (χ2v) is 6.58. The van der Waals surface area contributed by atoms with Gasteiger partial charge < -0.3 is 5.32 Å². The molecule has 102 valence electrons. The van der Waals surface area contributed by atoms with E-state index in [1.807, 2.05) is 0 Å². The van der Waals surface area contributed by atoms with E-state index in [4.69, 9.17) is 0 Å². The van der Waals surface area contributed by atoms with Gasteiger partial charge in [0, 0.05) is 12.4 Å². The number of rotatable bonds is 8. The summed E-state index contributed by atoms with van der Waals surface area (Å²) in [5.41, 5.74) is 0.520. The normalized spacial score (nSPS) is 11.4. The molecule has 0 unspecified atom stereocenters. The summed E-state index contributed by atoms with van der Waals surface area (Å²) in [6, 6.07) is 1.62. The van der Waals surface area contributed by atoms with Crippen molar-refractivity contribution in [3.05, 3.63) is 22.9 Å². The third-order valence-electron chi connectivity index (χ3n) is 2.23. The summed E-state index contributed by atoms with van der Waals surface area (Å²) < 4.78 is 26.8. The largest absolute Gasteiger partial charge is 0.317 e. The van der Waals surface area contributed by atoms with Crippen LogP contribution in [-0.2, 0) is 10.0 Å². The van der Waals surface area contributed by atoms with Gasteiger partial charge in [0.2, 0.25) is 10.0 Å². The lowest BCUT2D eigenvalue weighted by atomic mass is 10.4. The molecular formula is C11H18BrN3O2S. The van der Waals surface area contributed by atoms with E-state index in [2.05, 4.69) is 37.9 Å². The van der Waals surface area contributed by atoms with Crippen molar-refractivity contribution in [3.8, 4) is 0 Å². The summed E-state index contributed by atoms with van der Waals surface area (Å²) in [4.78, 5) is 3.88. The van der Waals surface area contributed by atoms with Crippen molar-refractivity contribution in [1.82, 2.24) is 10.3 Å². The number of hydrogen-bond acceptors (Lipinski definition) is 4. The molecule has 18 heavy (non-hydrogen) atoms. The second kappa shape index (κ2) is 7.70. The highest BCUT2D eigenvalue weighted by Gasteiger charge is 2.11. The Morgan fingerprint density at radius 3 is 2.83 bits per heavy atom. The Morgan fingerprint density at radius 2 is 2.17 bits per heavy atom. The molecule has 0 fully saturated rings. The molecular weight excluding hydrogens is 318 g/mol. The van der Waals surface area contributed by atoms with E-state index < -0.39 is 10.0 Å². The molecule has 1 aromatic heterocycles. The average molecular weight is 336 g/mol. The van der Waals surface area contributed by atoms with Gasteiger partial charge in [-0.2, -0.15) is 0 Å². The number of sulfonamides is 1. The minimum absolute atomic E-state index is 0.110. The fraction of sp³-hybridized carbons (Fsp3) is 0.545. The van der Waals surface area contributed by atoms with Gasteiger partial charge in [-0.3, -0.25) is 9.71 Å². The standard InChI is InChI=1S/C11H18BrN3O2S/c1-2-5-13-6-3-8-18(16,17)15-11-4-7-14-9-10(11)12/h4,7,9,13H,2-3,5-6,8H2,1H3,(H,14,15). The molecule has 0 saturated heterocycles. The Morgan fingerprint density at radius 1 is 1.39 bits per heavy atom. The molecule has 1 rings (SSSR count). The van der Waals surface area contributed by atoms with Gasteiger partial charge in [0.25, 0.3) is 0 Å². The van der Waals surface area contributed by atoms with Gasteiger partial charge in [-0.15, -0.1) is 0 Å². The zero-order valence-electron chi connectivity index (χ0n) is 10.3. The maximum absolute atomic E-state index is 11.8. The molecule has 7 heteroatoms.